The highest BCUT2D eigenvalue weighted by atomic mass is 127. The number of carbonyl (C=O) groups is 2. The maximum Gasteiger partial charge on any atom is 0.339 e. The summed E-state index contributed by atoms with van der Waals surface area (Å²) < 4.78 is 8.48. The zero-order chi connectivity index (χ0) is 25.1. The number of nitrogens with one attached hydrogen (secondary N) is 1. The van der Waals surface area contributed by atoms with Gasteiger partial charge in [0.25, 0.3) is 5.91 Å². The number of carboxylic acids is 1. The zero-order valence-electron chi connectivity index (χ0n) is 19.3. The molecule has 3 N–H and O–H groups in total. The number of amides is 1. The van der Waals surface area contributed by atoms with Crippen LogP contribution in [0.1, 0.15) is 40.5 Å². The smallest absolute Gasteiger partial charge is 0.339 e. The second-order valence-electron chi connectivity index (χ2n) is 8.17. The average Bonchev–Trinajstić information content (AvgIpc) is 3.08. The number of nitrogens with zero attached hydrogens (tertiary/aromatic N) is 1. The fraction of sp³-hybridized carbons (Fsp3) is 0.185. The Morgan fingerprint density at radius 2 is 1.83 bits per heavy atom. The first-order valence-corrected chi connectivity index (χ1v) is 12.3. The predicted octanol–water partition coefficient (Wildman–Crippen LogP) is 6.28. The van der Waals surface area contributed by atoms with Gasteiger partial charge in [-0.1, -0.05) is 31.5 Å². The molecule has 35 heavy (non-hydrogen) atoms. The Hall–Kier alpha value is -3.53. The molecule has 8 heteroatoms. The van der Waals surface area contributed by atoms with Crippen LogP contribution in [-0.2, 0) is 7.05 Å². The molecule has 4 rings (SSSR count). The highest BCUT2D eigenvalue weighted by Gasteiger charge is 2.20. The molecule has 3 aromatic carbocycles. The Morgan fingerprint density at radius 1 is 1.09 bits per heavy atom. The summed E-state index contributed by atoms with van der Waals surface area (Å²) in [5.74, 6) is -0.974. The van der Waals surface area contributed by atoms with E-state index in [9.17, 15) is 19.8 Å². The van der Waals surface area contributed by atoms with Crippen LogP contribution < -0.4 is 10.1 Å². The van der Waals surface area contributed by atoms with Crippen molar-refractivity contribution in [3.8, 4) is 22.8 Å². The van der Waals surface area contributed by atoms with Gasteiger partial charge in [-0.2, -0.15) is 0 Å². The lowest BCUT2D eigenvalue weighted by atomic mass is 10.1. The summed E-state index contributed by atoms with van der Waals surface area (Å²) in [6, 6.07) is 17.5. The minimum atomic E-state index is -1.18. The van der Waals surface area contributed by atoms with Gasteiger partial charge in [0.15, 0.2) is 0 Å². The number of halogens is 1. The summed E-state index contributed by atoms with van der Waals surface area (Å²) in [6.45, 7) is 2.74. The van der Waals surface area contributed by atoms with Crippen LogP contribution in [0.3, 0.4) is 0 Å². The van der Waals surface area contributed by atoms with Crippen LogP contribution >= 0.6 is 22.6 Å². The summed E-state index contributed by atoms with van der Waals surface area (Å²) in [5.41, 5.74) is 3.48. The molecule has 0 atom stereocenters. The van der Waals surface area contributed by atoms with Crippen LogP contribution in [0.5, 0.6) is 11.5 Å². The molecule has 1 aromatic heterocycles. The molecule has 0 spiro atoms. The molecule has 0 radical (unpaired) electrons. The number of unbranched alkanes of at least 4 members (excludes halogenated alkanes) is 1. The second-order valence-corrected chi connectivity index (χ2v) is 9.25. The fourth-order valence-corrected chi connectivity index (χ4v) is 5.00. The molecule has 1 heterocycles. The molecule has 180 valence electrons. The van der Waals surface area contributed by atoms with Crippen LogP contribution in [0.4, 0.5) is 5.69 Å². The predicted molar refractivity (Wildman–Crippen MR) is 144 cm³/mol. The molecule has 0 aliphatic heterocycles. The number of ether oxygens (including phenoxy) is 1. The third kappa shape index (κ3) is 5.12. The van der Waals surface area contributed by atoms with Gasteiger partial charge in [-0.25, -0.2) is 4.79 Å². The van der Waals surface area contributed by atoms with Crippen molar-refractivity contribution in [1.82, 2.24) is 4.57 Å². The van der Waals surface area contributed by atoms with Crippen molar-refractivity contribution in [3.05, 3.63) is 75.4 Å². The maximum atomic E-state index is 12.8. The van der Waals surface area contributed by atoms with Crippen molar-refractivity contribution in [3.63, 3.8) is 0 Å². The number of aryl methyl sites for hydroxylation is 1. The van der Waals surface area contributed by atoms with E-state index in [1.807, 2.05) is 41.9 Å². The Labute approximate surface area is 216 Å². The molecular weight excluding hydrogens is 559 g/mol. The summed E-state index contributed by atoms with van der Waals surface area (Å²) in [5, 5.41) is 23.1. The van der Waals surface area contributed by atoms with E-state index in [1.54, 1.807) is 18.2 Å². The molecule has 0 saturated heterocycles. The first-order valence-electron chi connectivity index (χ1n) is 11.2. The van der Waals surface area contributed by atoms with E-state index < -0.39 is 5.97 Å². The van der Waals surface area contributed by atoms with E-state index >= 15 is 0 Å². The van der Waals surface area contributed by atoms with E-state index in [1.165, 1.54) is 12.1 Å². The van der Waals surface area contributed by atoms with Crippen LogP contribution in [0.15, 0.2) is 60.7 Å². The monoisotopic (exact) mass is 584 g/mol. The van der Waals surface area contributed by atoms with Gasteiger partial charge in [0, 0.05) is 39.4 Å². The average molecular weight is 584 g/mol. The summed E-state index contributed by atoms with van der Waals surface area (Å²) in [6.07, 6.45) is 2.02. The van der Waals surface area contributed by atoms with E-state index in [0.29, 0.717) is 23.6 Å². The topological polar surface area (TPSA) is 101 Å². The van der Waals surface area contributed by atoms with Crippen molar-refractivity contribution in [2.24, 2.45) is 7.05 Å². The van der Waals surface area contributed by atoms with Crippen molar-refractivity contribution in [2.45, 2.75) is 19.8 Å². The van der Waals surface area contributed by atoms with Crippen LogP contribution in [-0.4, -0.2) is 33.3 Å². The van der Waals surface area contributed by atoms with Crippen LogP contribution in [0.25, 0.3) is 22.2 Å². The third-order valence-electron chi connectivity index (χ3n) is 5.76. The number of carboxylic acid groups (broad SMARTS) is 1. The number of aromatic carboxylic acids is 1. The molecule has 7 nitrogen and oxygen atoms in total. The van der Waals surface area contributed by atoms with Crippen molar-refractivity contribution in [1.29, 1.82) is 0 Å². The van der Waals surface area contributed by atoms with E-state index in [-0.39, 0.29) is 17.2 Å². The van der Waals surface area contributed by atoms with Crippen LogP contribution in [0.2, 0.25) is 0 Å². The van der Waals surface area contributed by atoms with E-state index in [0.717, 1.165) is 38.6 Å². The third-order valence-corrected chi connectivity index (χ3v) is 6.86. The minimum absolute atomic E-state index is 0.139. The molecule has 0 fully saturated rings. The molecule has 1 amide bonds. The molecular formula is C27H25IN2O5. The minimum Gasteiger partial charge on any atom is -0.507 e. The Balaban J connectivity index is 1.57. The van der Waals surface area contributed by atoms with Gasteiger partial charge in [0.2, 0.25) is 0 Å². The van der Waals surface area contributed by atoms with Gasteiger partial charge in [-0.05, 0) is 64.9 Å². The van der Waals surface area contributed by atoms with E-state index in [4.69, 9.17) is 4.74 Å². The SMILES string of the molecule is CCCCOc1cccc(NC(=O)c2ccc(-c3c(I)c4cc(C(=O)O)c(O)cc4n3C)cc2)c1. The van der Waals surface area contributed by atoms with Gasteiger partial charge < -0.3 is 24.8 Å². The number of anilines is 1. The first kappa shape index (κ1) is 24.6. The van der Waals surface area contributed by atoms with Gasteiger partial charge in [0.1, 0.15) is 17.1 Å². The number of hydrogen-bond donors (Lipinski definition) is 3. The summed E-state index contributed by atoms with van der Waals surface area (Å²) in [4.78, 5) is 24.2. The van der Waals surface area contributed by atoms with Gasteiger partial charge in [-0.15, -0.1) is 0 Å². The van der Waals surface area contributed by atoms with Crippen molar-refractivity contribution in [2.75, 3.05) is 11.9 Å². The van der Waals surface area contributed by atoms with Gasteiger partial charge in [0.05, 0.1) is 17.8 Å². The first-order chi connectivity index (χ1) is 16.8. The largest absolute Gasteiger partial charge is 0.507 e. The number of benzene rings is 3. The number of carbonyl (C=O) groups excluding carboxylic acids is 1. The van der Waals surface area contributed by atoms with Crippen molar-refractivity contribution >= 4 is 51.1 Å². The van der Waals surface area contributed by atoms with E-state index in [2.05, 4.69) is 34.8 Å². The molecule has 0 unspecified atom stereocenters. The Morgan fingerprint density at radius 3 is 2.51 bits per heavy atom. The Kier molecular flexibility index (Phi) is 7.30. The number of hydrogen-bond acceptors (Lipinski definition) is 4. The quantitative estimate of drug-likeness (QED) is 0.167. The number of rotatable bonds is 8. The zero-order valence-corrected chi connectivity index (χ0v) is 21.5. The lowest BCUT2D eigenvalue weighted by Crippen LogP contribution is -2.12. The number of phenols is 1. The normalized spacial score (nSPS) is 10.9. The number of aromatic hydroxyl groups is 1. The summed E-state index contributed by atoms with van der Waals surface area (Å²) in [7, 11) is 1.86. The number of aromatic nitrogens is 1. The molecule has 4 aromatic rings. The second kappa shape index (κ2) is 10.4. The van der Waals surface area contributed by atoms with Gasteiger partial charge >= 0.3 is 5.97 Å². The lowest BCUT2D eigenvalue weighted by Gasteiger charge is -2.10. The number of fused-ring (bicyclic) bond motifs is 1. The fourth-order valence-electron chi connectivity index (χ4n) is 3.90. The standard InChI is InChI=1S/C27H25IN2O5/c1-3-4-12-35-19-7-5-6-18(13-19)29-26(32)17-10-8-16(9-11-17)25-24(28)20-14-21(27(33)34)23(31)15-22(20)30(25)2/h5-11,13-15,31H,3-4,12H2,1-2H3,(H,29,32)(H,33,34). The van der Waals surface area contributed by atoms with Crippen LogP contribution in [0, 0.1) is 3.57 Å². The highest BCUT2D eigenvalue weighted by molar-refractivity contribution is 14.1. The molecule has 0 bridgehead atoms. The highest BCUT2D eigenvalue weighted by Crippen LogP contribution is 2.37. The molecule has 0 saturated carbocycles. The Bertz CT molecular complexity index is 1410. The summed E-state index contributed by atoms with van der Waals surface area (Å²) >= 11 is 2.18. The van der Waals surface area contributed by atoms with Gasteiger partial charge in [-0.3, -0.25) is 4.79 Å². The van der Waals surface area contributed by atoms with Crippen molar-refractivity contribution < 1.29 is 24.5 Å². The lowest BCUT2D eigenvalue weighted by molar-refractivity contribution is 0.0693. The molecule has 0 aliphatic carbocycles. The molecule has 0 aliphatic rings. The maximum absolute atomic E-state index is 12.8.